The first-order valence-corrected chi connectivity index (χ1v) is 12.0. The number of nitrogens with one attached hydrogen (secondary N) is 2. The van der Waals surface area contributed by atoms with Crippen LogP contribution in [0.4, 0.5) is 15.3 Å². The number of carbonyl (C=O) groups excluding carboxylic acids is 2. The number of H-pyrrole nitrogens is 1. The van der Waals surface area contributed by atoms with E-state index in [4.69, 9.17) is 14.6 Å². The fraction of sp³-hybridized carbons (Fsp3) is 0.520. The lowest BCUT2D eigenvalue weighted by Crippen LogP contribution is -2.41. The van der Waals surface area contributed by atoms with E-state index in [2.05, 4.69) is 10.3 Å². The second-order valence-electron chi connectivity index (χ2n) is 10.4. The lowest BCUT2D eigenvalue weighted by molar-refractivity contribution is 0.0203. The van der Waals surface area contributed by atoms with Crippen molar-refractivity contribution in [3.63, 3.8) is 0 Å². The Hall–Kier alpha value is -3.56. The minimum atomic E-state index is -0.557. The zero-order valence-electron chi connectivity index (χ0n) is 20.9. The Kier molecular flexibility index (Phi) is 6.73. The van der Waals surface area contributed by atoms with E-state index in [1.165, 1.54) is 0 Å². The van der Waals surface area contributed by atoms with Crippen LogP contribution in [0.1, 0.15) is 59.1 Å². The normalized spacial score (nSPS) is 15.1. The Morgan fingerprint density at radius 1 is 1.23 bits per heavy atom. The van der Waals surface area contributed by atoms with Gasteiger partial charge >= 0.3 is 12.2 Å². The van der Waals surface area contributed by atoms with Gasteiger partial charge in [0.15, 0.2) is 0 Å². The highest BCUT2D eigenvalue weighted by molar-refractivity contribution is 6.06. The summed E-state index contributed by atoms with van der Waals surface area (Å²) in [5, 5.41) is 8.14. The summed E-state index contributed by atoms with van der Waals surface area (Å²) in [5.74, 6) is 0.259. The number of hydrogen-bond donors (Lipinski definition) is 2. The fourth-order valence-electron chi connectivity index (χ4n) is 4.25. The molecule has 4 rings (SSSR count). The number of anilines is 1. The van der Waals surface area contributed by atoms with Gasteiger partial charge in [-0.15, -0.1) is 0 Å². The van der Waals surface area contributed by atoms with Gasteiger partial charge in [0.05, 0.1) is 28.9 Å². The maximum absolute atomic E-state index is 12.6. The van der Waals surface area contributed by atoms with E-state index >= 15 is 0 Å². The number of rotatable bonds is 4. The summed E-state index contributed by atoms with van der Waals surface area (Å²) >= 11 is 0. The summed E-state index contributed by atoms with van der Waals surface area (Å²) in [5.41, 5.74) is 1.64. The molecule has 2 aromatic heterocycles. The van der Waals surface area contributed by atoms with Crippen molar-refractivity contribution in [2.45, 2.75) is 59.0 Å². The van der Waals surface area contributed by atoms with Crippen molar-refractivity contribution in [2.75, 3.05) is 25.0 Å². The molecule has 1 saturated heterocycles. The molecule has 10 nitrogen and oxygen atoms in total. The molecule has 0 atom stereocenters. The largest absolute Gasteiger partial charge is 0.449 e. The minimum Gasteiger partial charge on any atom is -0.449 e. The van der Waals surface area contributed by atoms with Crippen molar-refractivity contribution >= 4 is 34.4 Å². The maximum atomic E-state index is 12.6. The number of nitrogens with zero attached hydrogens (tertiary/aromatic N) is 3. The van der Waals surface area contributed by atoms with Gasteiger partial charge in [0, 0.05) is 25.1 Å². The van der Waals surface area contributed by atoms with E-state index in [1.54, 1.807) is 27.6 Å². The molecule has 2 N–H and O–H groups in total. The summed E-state index contributed by atoms with van der Waals surface area (Å²) in [6.07, 6.45) is 0.483. The number of aromatic amines is 1. The number of hydrogen-bond acceptors (Lipinski definition) is 6. The molecular weight excluding hydrogens is 450 g/mol. The predicted molar refractivity (Wildman–Crippen MR) is 133 cm³/mol. The first-order chi connectivity index (χ1) is 16.5. The van der Waals surface area contributed by atoms with E-state index < -0.39 is 11.7 Å². The van der Waals surface area contributed by atoms with Crippen LogP contribution in [0.3, 0.4) is 0 Å². The lowest BCUT2D eigenvalue weighted by atomic mass is 9.93. The van der Waals surface area contributed by atoms with Crippen molar-refractivity contribution < 1.29 is 19.1 Å². The van der Waals surface area contributed by atoms with Gasteiger partial charge in [0.1, 0.15) is 11.2 Å². The smallest absolute Gasteiger partial charge is 0.411 e. The molecule has 0 unspecified atom stereocenters. The number of fused-ring (bicyclic) bond motifs is 3. The van der Waals surface area contributed by atoms with Gasteiger partial charge in [-0.25, -0.2) is 14.1 Å². The molecule has 1 aliphatic rings. The van der Waals surface area contributed by atoms with Gasteiger partial charge in [0.25, 0.3) is 5.56 Å². The molecule has 1 aromatic carbocycles. The molecule has 0 aliphatic carbocycles. The highest BCUT2D eigenvalue weighted by atomic mass is 16.6. The van der Waals surface area contributed by atoms with Crippen LogP contribution >= 0.6 is 0 Å². The Labute approximate surface area is 203 Å². The van der Waals surface area contributed by atoms with Crippen LogP contribution in [0.2, 0.25) is 0 Å². The van der Waals surface area contributed by atoms with E-state index in [9.17, 15) is 14.4 Å². The third-order valence-corrected chi connectivity index (χ3v) is 5.81. The van der Waals surface area contributed by atoms with Crippen molar-refractivity contribution in [2.24, 2.45) is 5.92 Å². The molecule has 2 amide bonds. The van der Waals surface area contributed by atoms with E-state index in [-0.39, 0.29) is 23.5 Å². The van der Waals surface area contributed by atoms with Crippen LogP contribution < -0.4 is 10.9 Å². The quantitative estimate of drug-likeness (QED) is 0.564. The summed E-state index contributed by atoms with van der Waals surface area (Å²) in [4.78, 5) is 42.0. The minimum absolute atomic E-state index is 0.0419. The Morgan fingerprint density at radius 3 is 2.60 bits per heavy atom. The monoisotopic (exact) mass is 483 g/mol. The third kappa shape index (κ3) is 5.58. The Balaban J connectivity index is 1.62. The van der Waals surface area contributed by atoms with Gasteiger partial charge in [-0.05, 0) is 51.7 Å². The van der Waals surface area contributed by atoms with Crippen LogP contribution in [-0.2, 0) is 9.47 Å². The summed E-state index contributed by atoms with van der Waals surface area (Å²) in [6.45, 7) is 10.8. The van der Waals surface area contributed by atoms with E-state index in [0.29, 0.717) is 54.8 Å². The van der Waals surface area contributed by atoms with Crippen LogP contribution in [0.5, 0.6) is 0 Å². The average Bonchev–Trinajstić information content (AvgIpc) is 3.15. The van der Waals surface area contributed by atoms with Crippen molar-refractivity contribution in [3.8, 4) is 0 Å². The zero-order valence-corrected chi connectivity index (χ0v) is 20.9. The van der Waals surface area contributed by atoms with Crippen LogP contribution in [0, 0.1) is 5.92 Å². The van der Waals surface area contributed by atoms with E-state index in [0.717, 1.165) is 5.69 Å². The maximum Gasteiger partial charge on any atom is 0.411 e. The summed E-state index contributed by atoms with van der Waals surface area (Å²) in [6, 6.07) is 6.95. The molecule has 188 valence electrons. The predicted octanol–water partition coefficient (Wildman–Crippen LogP) is 4.49. The highest BCUT2D eigenvalue weighted by Crippen LogP contribution is 2.32. The van der Waals surface area contributed by atoms with Gasteiger partial charge in [-0.3, -0.25) is 10.1 Å². The molecular formula is C25H33N5O5. The van der Waals surface area contributed by atoms with Crippen molar-refractivity contribution in [3.05, 3.63) is 40.3 Å². The molecule has 0 saturated carbocycles. The molecule has 3 heterocycles. The first-order valence-electron chi connectivity index (χ1n) is 12.0. The third-order valence-electron chi connectivity index (χ3n) is 5.81. The van der Waals surface area contributed by atoms with Crippen LogP contribution in [0.15, 0.2) is 29.1 Å². The molecule has 0 radical (unpaired) electrons. The summed E-state index contributed by atoms with van der Waals surface area (Å²) in [7, 11) is 0. The average molecular weight is 484 g/mol. The molecule has 0 bridgehead atoms. The SMILES string of the molecule is CC(C)COC(=O)Nc1cccc2nn3c(C4CCN(C(=O)OC(C)(C)C)CC4)cc(=O)[nH]c3c12. The number of aromatic nitrogens is 3. The number of piperidine rings is 1. The molecule has 1 aliphatic heterocycles. The zero-order chi connectivity index (χ0) is 25.3. The standard InChI is InChI=1S/C25H33N5O5/c1-15(2)14-34-23(32)26-17-7-6-8-18-21(17)22-27-20(31)13-19(30(22)28-18)16-9-11-29(12-10-16)24(33)35-25(3,4)5/h6-8,13,15-16H,9-12,14H2,1-5H3,(H,26,32)(H,27,31). The number of ether oxygens (including phenoxy) is 2. The second kappa shape index (κ2) is 9.59. The Morgan fingerprint density at radius 2 is 1.94 bits per heavy atom. The van der Waals surface area contributed by atoms with Crippen molar-refractivity contribution in [1.82, 2.24) is 19.5 Å². The van der Waals surface area contributed by atoms with Gasteiger partial charge in [-0.2, -0.15) is 5.10 Å². The van der Waals surface area contributed by atoms with Crippen LogP contribution in [0.25, 0.3) is 16.6 Å². The number of likely N-dealkylation sites (tertiary alicyclic amines) is 1. The Bertz CT molecular complexity index is 1300. The van der Waals surface area contributed by atoms with Crippen molar-refractivity contribution in [1.29, 1.82) is 0 Å². The van der Waals surface area contributed by atoms with Crippen LogP contribution in [-0.4, -0.2) is 57.0 Å². The van der Waals surface area contributed by atoms with Gasteiger partial charge in [0.2, 0.25) is 0 Å². The molecule has 0 spiro atoms. The number of benzene rings is 1. The van der Waals surface area contributed by atoms with Gasteiger partial charge in [-0.1, -0.05) is 19.9 Å². The summed E-state index contributed by atoms with van der Waals surface area (Å²) < 4.78 is 12.5. The number of carbonyl (C=O) groups is 2. The molecule has 10 heteroatoms. The first kappa shape index (κ1) is 24.6. The second-order valence-corrected chi connectivity index (χ2v) is 10.4. The molecule has 1 fully saturated rings. The number of amides is 2. The molecule has 3 aromatic rings. The lowest BCUT2D eigenvalue weighted by Gasteiger charge is -2.33. The van der Waals surface area contributed by atoms with Gasteiger partial charge < -0.3 is 19.4 Å². The fourth-order valence-corrected chi connectivity index (χ4v) is 4.25. The topological polar surface area (TPSA) is 118 Å². The van der Waals surface area contributed by atoms with E-state index in [1.807, 2.05) is 40.7 Å². The molecule has 35 heavy (non-hydrogen) atoms. The highest BCUT2D eigenvalue weighted by Gasteiger charge is 2.29.